The van der Waals surface area contributed by atoms with Gasteiger partial charge in [-0.05, 0) is 24.6 Å². The third-order valence-electron chi connectivity index (χ3n) is 4.36. The maximum atomic E-state index is 5.29. The van der Waals surface area contributed by atoms with Crippen molar-refractivity contribution in [2.24, 2.45) is 4.99 Å². The topological polar surface area (TPSA) is 61.8 Å². The van der Waals surface area contributed by atoms with Crippen molar-refractivity contribution in [1.82, 2.24) is 15.6 Å². The van der Waals surface area contributed by atoms with Gasteiger partial charge in [0.25, 0.3) is 0 Å². The largest absolute Gasteiger partial charge is 0.481 e. The summed E-state index contributed by atoms with van der Waals surface area (Å²) in [4.78, 5) is 11.0. The molecule has 2 heterocycles. The molecule has 1 fully saturated rings. The molecule has 1 unspecified atom stereocenters. The van der Waals surface area contributed by atoms with Crippen LogP contribution in [0.4, 0.5) is 5.69 Å². The molecule has 1 aromatic carbocycles. The number of guanidine groups is 1. The molecular formula is C19H26IN5O. The molecule has 3 rings (SSSR count). The third kappa shape index (κ3) is 5.23. The number of pyridine rings is 1. The maximum absolute atomic E-state index is 5.29. The predicted molar refractivity (Wildman–Crippen MR) is 117 cm³/mol. The fourth-order valence-corrected chi connectivity index (χ4v) is 3.06. The van der Waals surface area contributed by atoms with Crippen LogP contribution in [0.3, 0.4) is 0 Å². The number of aromatic nitrogens is 1. The molecule has 7 heteroatoms. The van der Waals surface area contributed by atoms with Crippen LogP contribution in [-0.4, -0.2) is 44.2 Å². The van der Waals surface area contributed by atoms with Crippen molar-refractivity contribution < 1.29 is 4.74 Å². The van der Waals surface area contributed by atoms with Gasteiger partial charge in [0.2, 0.25) is 5.88 Å². The van der Waals surface area contributed by atoms with Crippen molar-refractivity contribution in [3.05, 3.63) is 54.2 Å². The molecule has 2 N–H and O–H groups in total. The van der Waals surface area contributed by atoms with Gasteiger partial charge in [-0.3, -0.25) is 4.99 Å². The summed E-state index contributed by atoms with van der Waals surface area (Å²) >= 11 is 0. The average molecular weight is 467 g/mol. The van der Waals surface area contributed by atoms with Crippen LogP contribution >= 0.6 is 24.0 Å². The van der Waals surface area contributed by atoms with Crippen molar-refractivity contribution in [3.8, 4) is 5.88 Å². The number of rotatable bonds is 5. The first-order valence-corrected chi connectivity index (χ1v) is 8.55. The van der Waals surface area contributed by atoms with Crippen LogP contribution in [0.15, 0.2) is 53.7 Å². The molecule has 140 valence electrons. The van der Waals surface area contributed by atoms with Crippen molar-refractivity contribution in [2.45, 2.75) is 19.0 Å². The predicted octanol–water partition coefficient (Wildman–Crippen LogP) is 2.65. The second-order valence-electron chi connectivity index (χ2n) is 6.01. The number of para-hydroxylation sites is 1. The molecule has 1 saturated heterocycles. The highest BCUT2D eigenvalue weighted by Gasteiger charge is 2.23. The number of benzene rings is 1. The normalized spacial score (nSPS) is 16.8. The number of anilines is 1. The van der Waals surface area contributed by atoms with Crippen molar-refractivity contribution in [3.63, 3.8) is 0 Å². The lowest BCUT2D eigenvalue weighted by Crippen LogP contribution is -2.44. The summed E-state index contributed by atoms with van der Waals surface area (Å²) in [5.41, 5.74) is 2.28. The zero-order chi connectivity index (χ0) is 17.5. The molecule has 1 atom stereocenters. The fourth-order valence-electron chi connectivity index (χ4n) is 3.06. The van der Waals surface area contributed by atoms with Gasteiger partial charge in [-0.2, -0.15) is 0 Å². The van der Waals surface area contributed by atoms with Crippen LogP contribution in [-0.2, 0) is 6.54 Å². The first kappa shape index (κ1) is 20.3. The minimum absolute atomic E-state index is 0. The van der Waals surface area contributed by atoms with Crippen LogP contribution in [0.5, 0.6) is 5.88 Å². The van der Waals surface area contributed by atoms with Crippen LogP contribution < -0.4 is 20.3 Å². The van der Waals surface area contributed by atoms with E-state index in [9.17, 15) is 0 Å². The summed E-state index contributed by atoms with van der Waals surface area (Å²) < 4.78 is 5.29. The molecule has 6 nitrogen and oxygen atoms in total. The van der Waals surface area contributed by atoms with Gasteiger partial charge in [0.15, 0.2) is 5.96 Å². The average Bonchev–Trinajstić information content (AvgIpc) is 3.14. The zero-order valence-electron chi connectivity index (χ0n) is 15.2. The smallest absolute Gasteiger partial charge is 0.218 e. The van der Waals surface area contributed by atoms with Gasteiger partial charge in [-0.1, -0.05) is 24.3 Å². The van der Waals surface area contributed by atoms with Gasteiger partial charge in [-0.25, -0.2) is 4.98 Å². The Bertz CT molecular complexity index is 710. The number of aliphatic imine (C=N–C) groups is 1. The van der Waals surface area contributed by atoms with Crippen LogP contribution in [0.25, 0.3) is 0 Å². The van der Waals surface area contributed by atoms with Crippen molar-refractivity contribution in [2.75, 3.05) is 32.1 Å². The second-order valence-corrected chi connectivity index (χ2v) is 6.01. The molecule has 26 heavy (non-hydrogen) atoms. The van der Waals surface area contributed by atoms with Gasteiger partial charge in [-0.15, -0.1) is 24.0 Å². The van der Waals surface area contributed by atoms with E-state index >= 15 is 0 Å². The minimum Gasteiger partial charge on any atom is -0.481 e. The SMILES string of the molecule is CN=C(NCc1cccnc1OC)NC1CCN(c2ccccc2)C1.I. The van der Waals surface area contributed by atoms with E-state index in [-0.39, 0.29) is 24.0 Å². The second kappa shape index (κ2) is 10.2. The summed E-state index contributed by atoms with van der Waals surface area (Å²) in [5, 5.41) is 6.85. The molecule has 0 radical (unpaired) electrons. The molecule has 0 bridgehead atoms. The highest BCUT2D eigenvalue weighted by molar-refractivity contribution is 14.0. The molecule has 0 saturated carbocycles. The standard InChI is InChI=1S/C19H25N5O.HI/c1-20-19(22-13-15-7-6-11-21-18(15)25-2)23-16-10-12-24(14-16)17-8-4-3-5-9-17;/h3-9,11,16H,10,12-14H2,1-2H3,(H2,20,22,23);1H. The lowest BCUT2D eigenvalue weighted by Gasteiger charge is -2.20. The van der Waals surface area contributed by atoms with Gasteiger partial charge >= 0.3 is 0 Å². The Hall–Kier alpha value is -2.03. The molecule has 0 aliphatic carbocycles. The van der Waals surface area contributed by atoms with E-state index in [2.05, 4.69) is 49.8 Å². The van der Waals surface area contributed by atoms with E-state index in [0.29, 0.717) is 18.5 Å². The molecule has 1 aliphatic rings. The number of ether oxygens (including phenoxy) is 1. The lowest BCUT2D eigenvalue weighted by molar-refractivity contribution is 0.392. The van der Waals surface area contributed by atoms with E-state index in [1.54, 1.807) is 20.4 Å². The molecule has 0 spiro atoms. The number of nitrogens with one attached hydrogen (secondary N) is 2. The maximum Gasteiger partial charge on any atom is 0.218 e. The summed E-state index contributed by atoms with van der Waals surface area (Å²) in [6, 6.07) is 14.8. The lowest BCUT2D eigenvalue weighted by atomic mass is 10.2. The molecular weight excluding hydrogens is 441 g/mol. The molecule has 0 amide bonds. The Labute approximate surface area is 172 Å². The number of methoxy groups -OCH3 is 1. The Morgan fingerprint density at radius 2 is 2.08 bits per heavy atom. The number of hydrogen-bond acceptors (Lipinski definition) is 4. The van der Waals surface area contributed by atoms with Gasteiger partial charge < -0.3 is 20.3 Å². The first-order chi connectivity index (χ1) is 12.3. The monoisotopic (exact) mass is 467 g/mol. The quantitative estimate of drug-likeness (QED) is 0.403. The number of hydrogen-bond donors (Lipinski definition) is 2. The molecule has 2 aromatic rings. The highest BCUT2D eigenvalue weighted by Crippen LogP contribution is 2.19. The summed E-state index contributed by atoms with van der Waals surface area (Å²) in [6.07, 6.45) is 2.82. The van der Waals surface area contributed by atoms with E-state index in [4.69, 9.17) is 4.74 Å². The highest BCUT2D eigenvalue weighted by atomic mass is 127. The van der Waals surface area contributed by atoms with E-state index < -0.39 is 0 Å². The number of halogens is 1. The van der Waals surface area contributed by atoms with Gasteiger partial charge in [0.1, 0.15) is 0 Å². The van der Waals surface area contributed by atoms with E-state index in [1.807, 2.05) is 18.2 Å². The Morgan fingerprint density at radius 3 is 2.81 bits per heavy atom. The molecule has 1 aromatic heterocycles. The van der Waals surface area contributed by atoms with Gasteiger partial charge in [0, 0.05) is 50.2 Å². The Morgan fingerprint density at radius 1 is 1.27 bits per heavy atom. The summed E-state index contributed by atoms with van der Waals surface area (Å²) in [5.74, 6) is 1.44. The summed E-state index contributed by atoms with van der Waals surface area (Å²) in [7, 11) is 3.43. The van der Waals surface area contributed by atoms with Crippen molar-refractivity contribution in [1.29, 1.82) is 0 Å². The third-order valence-corrected chi connectivity index (χ3v) is 4.36. The Kier molecular flexibility index (Phi) is 7.96. The minimum atomic E-state index is 0. The van der Waals surface area contributed by atoms with Crippen LogP contribution in [0.2, 0.25) is 0 Å². The first-order valence-electron chi connectivity index (χ1n) is 8.55. The zero-order valence-corrected chi connectivity index (χ0v) is 17.5. The van der Waals surface area contributed by atoms with Crippen molar-refractivity contribution >= 4 is 35.6 Å². The fraction of sp³-hybridized carbons (Fsp3) is 0.368. The summed E-state index contributed by atoms with van der Waals surface area (Å²) in [6.45, 7) is 2.64. The van der Waals surface area contributed by atoms with Crippen LogP contribution in [0, 0.1) is 0 Å². The number of nitrogens with zero attached hydrogens (tertiary/aromatic N) is 3. The van der Waals surface area contributed by atoms with Crippen LogP contribution in [0.1, 0.15) is 12.0 Å². The van der Waals surface area contributed by atoms with E-state index in [1.165, 1.54) is 5.69 Å². The van der Waals surface area contributed by atoms with E-state index in [0.717, 1.165) is 31.0 Å². The van der Waals surface area contributed by atoms with Gasteiger partial charge in [0.05, 0.1) is 7.11 Å². The Balaban J connectivity index is 0.00000243. The molecule has 1 aliphatic heterocycles.